The van der Waals surface area contributed by atoms with Crippen molar-refractivity contribution in [3.63, 3.8) is 0 Å². The van der Waals surface area contributed by atoms with Crippen LogP contribution < -0.4 is 15.2 Å². The molecule has 1 aliphatic heterocycles. The molecule has 1 saturated heterocycles. The third-order valence-electron chi connectivity index (χ3n) is 6.86. The molecule has 40 heavy (non-hydrogen) atoms. The van der Waals surface area contributed by atoms with Crippen molar-refractivity contribution in [1.29, 1.82) is 0 Å². The minimum absolute atomic E-state index is 0.00677. The molecule has 2 amide bonds. The van der Waals surface area contributed by atoms with Crippen LogP contribution in [0.1, 0.15) is 43.7 Å². The third kappa shape index (κ3) is 5.62. The number of amides is 2. The zero-order valence-electron chi connectivity index (χ0n) is 21.1. The van der Waals surface area contributed by atoms with E-state index in [1.165, 1.54) is 42.7 Å². The maximum atomic E-state index is 14.5. The highest BCUT2D eigenvalue weighted by molar-refractivity contribution is 6.31. The van der Waals surface area contributed by atoms with Gasteiger partial charge in [-0.2, -0.15) is 0 Å². The third-order valence-corrected chi connectivity index (χ3v) is 7.20. The molecular weight excluding hydrogens is 549 g/mol. The Labute approximate surface area is 232 Å². The topological polar surface area (TPSA) is 98.5 Å². The van der Waals surface area contributed by atoms with Gasteiger partial charge < -0.3 is 5.32 Å². The molecule has 1 unspecified atom stereocenters. The monoisotopic (exact) mass is 573 g/mol. The zero-order valence-corrected chi connectivity index (χ0v) is 21.8. The van der Waals surface area contributed by atoms with Gasteiger partial charge in [0.05, 0.1) is 4.91 Å². The summed E-state index contributed by atoms with van der Waals surface area (Å²) in [5.41, 5.74) is 0.170. The van der Waals surface area contributed by atoms with Crippen molar-refractivity contribution in [2.45, 2.75) is 56.3 Å². The molecule has 3 aromatic rings. The van der Waals surface area contributed by atoms with E-state index in [0.29, 0.717) is 11.3 Å². The Balaban J connectivity index is 1.61. The van der Waals surface area contributed by atoms with E-state index in [-0.39, 0.29) is 35.1 Å². The van der Waals surface area contributed by atoms with Crippen LogP contribution in [-0.2, 0) is 9.59 Å². The van der Waals surface area contributed by atoms with Crippen LogP contribution in [0.25, 0.3) is 0 Å². The first kappa shape index (κ1) is 27.5. The number of halogens is 4. The van der Waals surface area contributed by atoms with E-state index < -0.39 is 54.6 Å². The van der Waals surface area contributed by atoms with Crippen molar-refractivity contribution < 1.29 is 27.6 Å². The van der Waals surface area contributed by atoms with E-state index in [0.717, 1.165) is 16.0 Å². The number of carbonyl (C=O) groups excluding carboxylic acids is 2. The number of nitrogens with zero attached hydrogens (tertiary/aromatic N) is 5. The van der Waals surface area contributed by atoms with Gasteiger partial charge in [-0.3, -0.25) is 9.59 Å². The Morgan fingerprint density at radius 2 is 1.85 bits per heavy atom. The Bertz CT molecular complexity index is 1420. The fraction of sp³-hybridized carbons (Fsp3) is 0.333. The molecule has 0 spiro atoms. The zero-order chi connectivity index (χ0) is 28.4. The van der Waals surface area contributed by atoms with E-state index in [1.807, 2.05) is 0 Å². The van der Waals surface area contributed by atoms with Gasteiger partial charge in [0.1, 0.15) is 16.4 Å². The van der Waals surface area contributed by atoms with E-state index >= 15 is 0 Å². The first-order chi connectivity index (χ1) is 19.1. The normalized spacial score (nSPS) is 19.4. The second-order valence-electron chi connectivity index (χ2n) is 9.71. The average molecular weight is 574 g/mol. The molecule has 2 atom stereocenters. The summed E-state index contributed by atoms with van der Waals surface area (Å²) in [7, 11) is 0. The van der Waals surface area contributed by atoms with Gasteiger partial charge in [0.25, 0.3) is 11.8 Å². The van der Waals surface area contributed by atoms with Gasteiger partial charge >= 0.3 is 6.17 Å². The number of anilines is 2. The van der Waals surface area contributed by atoms with Crippen molar-refractivity contribution in [3.05, 3.63) is 88.3 Å². The molecule has 2 heterocycles. The van der Waals surface area contributed by atoms with Crippen molar-refractivity contribution in [2.24, 2.45) is 0 Å². The molecule has 0 radical (unpaired) electrons. The first-order valence-electron chi connectivity index (χ1n) is 12.7. The van der Waals surface area contributed by atoms with Gasteiger partial charge in [0.2, 0.25) is 11.9 Å². The lowest BCUT2D eigenvalue weighted by atomic mass is 9.88. The van der Waals surface area contributed by atoms with Gasteiger partial charge in [-0.1, -0.05) is 40.9 Å². The fourth-order valence-corrected chi connectivity index (χ4v) is 5.22. The summed E-state index contributed by atoms with van der Waals surface area (Å²) in [6.45, 7) is 0. The van der Waals surface area contributed by atoms with E-state index in [4.69, 9.17) is 11.6 Å². The highest BCUT2D eigenvalue weighted by Crippen LogP contribution is 2.39. The smallest absolute Gasteiger partial charge is 0.317 e. The van der Waals surface area contributed by atoms with Crippen LogP contribution in [0.15, 0.2) is 67.0 Å². The van der Waals surface area contributed by atoms with Gasteiger partial charge in [-0.15, -0.1) is 0 Å². The molecule has 1 aliphatic carbocycles. The Morgan fingerprint density at radius 3 is 2.52 bits per heavy atom. The highest BCUT2D eigenvalue weighted by Gasteiger charge is 2.51. The summed E-state index contributed by atoms with van der Waals surface area (Å²) in [5, 5.41) is 3.71. The van der Waals surface area contributed by atoms with Gasteiger partial charge in [0.15, 0.2) is 6.04 Å². The maximum absolute atomic E-state index is 14.5. The molecule has 1 saturated carbocycles. The first-order valence-corrected chi connectivity index (χ1v) is 13.1. The second-order valence-corrected chi connectivity index (χ2v) is 10.1. The highest BCUT2D eigenvalue weighted by atomic mass is 35.5. The molecular formula is C27H25ClF3N6O3+. The van der Waals surface area contributed by atoms with Crippen LogP contribution in [0.3, 0.4) is 0 Å². The number of hydrazine groups is 1. The minimum Gasteiger partial charge on any atom is -0.351 e. The molecule has 2 aliphatic rings. The lowest BCUT2D eigenvalue weighted by Gasteiger charge is -2.37. The van der Waals surface area contributed by atoms with E-state index in [2.05, 4.69) is 15.3 Å². The SMILES string of the molecule is O=C(NC1CC(F)(F)C1)C(c1ccccc1Cl)N(c1cccc(F)c1)[N+](=O)[C@@H]1CCCC(=O)N1c1ncccn1. The number of nitroso groups, excluding NO2 is 1. The molecule has 1 N–H and O–H groups in total. The van der Waals surface area contributed by atoms with Crippen LogP contribution >= 0.6 is 11.6 Å². The van der Waals surface area contributed by atoms with Crippen molar-refractivity contribution >= 4 is 35.1 Å². The largest absolute Gasteiger partial charge is 0.351 e. The number of hydrogen-bond donors (Lipinski definition) is 1. The lowest BCUT2D eigenvalue weighted by Crippen LogP contribution is -2.58. The number of carbonyl (C=O) groups is 2. The summed E-state index contributed by atoms with van der Waals surface area (Å²) in [4.78, 5) is 51.0. The number of benzene rings is 2. The number of alkyl halides is 2. The Hall–Kier alpha value is -4.06. The number of rotatable bonds is 8. The van der Waals surface area contributed by atoms with Gasteiger partial charge in [-0.25, -0.2) is 28.0 Å². The van der Waals surface area contributed by atoms with Crippen LogP contribution in [0.4, 0.5) is 24.8 Å². The number of nitrogens with one attached hydrogen (secondary N) is 1. The Morgan fingerprint density at radius 1 is 1.12 bits per heavy atom. The maximum Gasteiger partial charge on any atom is 0.317 e. The minimum atomic E-state index is -2.90. The Kier molecular flexibility index (Phi) is 7.70. The fourth-order valence-electron chi connectivity index (χ4n) is 4.98. The van der Waals surface area contributed by atoms with Crippen molar-refractivity contribution in [1.82, 2.24) is 15.3 Å². The standard InChI is InChI=1S/C27H24ClF3N6O3/c28-21-9-2-1-8-20(21)24(25(39)34-18-15-27(30,31)16-18)36(19-7-3-6-17(29)14-19)37(40)22-10-4-11-23(38)35(22)26-32-12-5-13-33-26/h1-3,5-9,12-14,18,22,24H,4,10-11,15-16H2/p+1/t22-,24?/m1/s1. The molecule has 2 aromatic carbocycles. The summed E-state index contributed by atoms with van der Waals surface area (Å²) in [6.07, 6.45) is 1.24. The average Bonchev–Trinajstić information content (AvgIpc) is 2.91. The quantitative estimate of drug-likeness (QED) is 0.302. The summed E-state index contributed by atoms with van der Waals surface area (Å²) in [5.74, 6) is -4.78. The van der Waals surface area contributed by atoms with E-state index in [1.54, 1.807) is 18.2 Å². The van der Waals surface area contributed by atoms with Crippen LogP contribution in [-0.4, -0.2) is 44.8 Å². The number of hydrogen-bond acceptors (Lipinski definition) is 5. The summed E-state index contributed by atoms with van der Waals surface area (Å²) >= 11 is 6.49. The lowest BCUT2D eigenvalue weighted by molar-refractivity contribution is -0.601. The number of piperidine rings is 1. The molecule has 5 rings (SSSR count). The predicted molar refractivity (Wildman–Crippen MR) is 140 cm³/mol. The predicted octanol–water partition coefficient (Wildman–Crippen LogP) is 4.97. The molecule has 1 aromatic heterocycles. The van der Waals surface area contributed by atoms with E-state index in [9.17, 15) is 27.7 Å². The molecule has 208 valence electrons. The van der Waals surface area contributed by atoms with Crippen molar-refractivity contribution in [2.75, 3.05) is 9.91 Å². The van der Waals surface area contributed by atoms with Gasteiger partial charge in [0, 0.05) is 60.8 Å². The summed E-state index contributed by atoms with van der Waals surface area (Å²) < 4.78 is 41.7. The summed E-state index contributed by atoms with van der Waals surface area (Å²) in [6, 6.07) is 10.5. The molecule has 9 nitrogen and oxygen atoms in total. The number of aromatic nitrogens is 2. The van der Waals surface area contributed by atoms with Crippen LogP contribution in [0.2, 0.25) is 5.02 Å². The molecule has 0 bridgehead atoms. The van der Waals surface area contributed by atoms with Gasteiger partial charge in [-0.05, 0) is 30.7 Å². The van der Waals surface area contributed by atoms with Crippen LogP contribution in [0, 0.1) is 10.7 Å². The van der Waals surface area contributed by atoms with Crippen molar-refractivity contribution in [3.8, 4) is 0 Å². The molecule has 13 heteroatoms. The second kappa shape index (κ2) is 11.2. The molecule has 2 fully saturated rings. The van der Waals surface area contributed by atoms with Crippen LogP contribution in [0.5, 0.6) is 0 Å².